The number of allylic oxidation sites excluding steroid dienone is 6. The average molecular weight is 333 g/mol. The summed E-state index contributed by atoms with van der Waals surface area (Å²) in [5, 5.41) is 20.7. The van der Waals surface area contributed by atoms with Crippen molar-refractivity contribution in [3.05, 3.63) is 47.6 Å². The Labute approximate surface area is 143 Å². The number of carbonyl (C=O) groups is 1. The minimum absolute atomic E-state index is 0.105. The number of alkyl carbamates (subject to hydrolysis) is 1. The first kappa shape index (κ1) is 18.5. The van der Waals surface area contributed by atoms with E-state index in [0.29, 0.717) is 13.2 Å². The molecule has 24 heavy (non-hydrogen) atoms. The highest BCUT2D eigenvalue weighted by Crippen LogP contribution is 2.41. The zero-order valence-corrected chi connectivity index (χ0v) is 14.1. The minimum Gasteiger partial charge on any atom is -0.449 e. The number of aliphatic hydroxyl groups excluding tert-OH is 1. The predicted octanol–water partition coefficient (Wildman–Crippen LogP) is 2.83. The van der Waals surface area contributed by atoms with Gasteiger partial charge in [-0.1, -0.05) is 56.2 Å². The third kappa shape index (κ3) is 5.98. The summed E-state index contributed by atoms with van der Waals surface area (Å²) < 4.78 is 5.27. The van der Waals surface area contributed by atoms with E-state index >= 15 is 0 Å². The third-order valence-electron chi connectivity index (χ3n) is 4.38. The number of unbranched alkanes of at least 4 members (excludes halogenated alkanes) is 2. The summed E-state index contributed by atoms with van der Waals surface area (Å²) >= 11 is 0. The highest BCUT2D eigenvalue weighted by atomic mass is 16.5. The van der Waals surface area contributed by atoms with Crippen LogP contribution >= 0.6 is 0 Å². The van der Waals surface area contributed by atoms with E-state index < -0.39 is 6.29 Å². The summed E-state index contributed by atoms with van der Waals surface area (Å²) in [6.45, 7) is 2.78. The second-order valence-electron chi connectivity index (χ2n) is 6.33. The molecule has 1 atom stereocenters. The molecule has 3 N–H and O–H groups in total. The Morgan fingerprint density at radius 1 is 1.12 bits per heavy atom. The van der Waals surface area contributed by atoms with E-state index in [4.69, 9.17) is 14.9 Å². The Hall–Kier alpha value is -1.85. The fraction of sp³-hybridized carbons (Fsp3) is 0.526. The van der Waals surface area contributed by atoms with Crippen LogP contribution in [-0.4, -0.2) is 35.7 Å². The SMILES string of the molecule is CC(CCCCCNC(=O)OCC1C2=C1\C=C/C=C\C=C/2)C(O)O. The van der Waals surface area contributed by atoms with E-state index in [0.717, 1.165) is 25.7 Å². The van der Waals surface area contributed by atoms with Crippen molar-refractivity contribution in [1.29, 1.82) is 0 Å². The molecule has 0 aliphatic heterocycles. The normalized spacial score (nSPS) is 21.5. The maximum atomic E-state index is 11.7. The number of hydrogen-bond acceptors (Lipinski definition) is 4. The first-order chi connectivity index (χ1) is 11.6. The lowest BCUT2D eigenvalue weighted by atomic mass is 10.0. The smallest absolute Gasteiger partial charge is 0.407 e. The molecule has 0 aromatic heterocycles. The summed E-state index contributed by atoms with van der Waals surface area (Å²) in [7, 11) is 0. The van der Waals surface area contributed by atoms with Crippen molar-refractivity contribution in [3.63, 3.8) is 0 Å². The predicted molar refractivity (Wildman–Crippen MR) is 93.1 cm³/mol. The van der Waals surface area contributed by atoms with Gasteiger partial charge < -0.3 is 20.3 Å². The van der Waals surface area contributed by atoms with E-state index in [1.807, 2.05) is 31.2 Å². The fourth-order valence-electron chi connectivity index (χ4n) is 2.68. The van der Waals surface area contributed by atoms with Gasteiger partial charge in [-0.15, -0.1) is 0 Å². The zero-order chi connectivity index (χ0) is 17.4. The molecule has 1 amide bonds. The topological polar surface area (TPSA) is 78.8 Å². The molecule has 5 nitrogen and oxygen atoms in total. The number of aliphatic hydroxyl groups is 2. The third-order valence-corrected chi connectivity index (χ3v) is 4.38. The van der Waals surface area contributed by atoms with Gasteiger partial charge in [0.1, 0.15) is 6.61 Å². The number of hydrogen-bond donors (Lipinski definition) is 3. The minimum atomic E-state index is -1.24. The van der Waals surface area contributed by atoms with Crippen molar-refractivity contribution in [2.24, 2.45) is 11.8 Å². The number of rotatable bonds is 9. The van der Waals surface area contributed by atoms with Crippen LogP contribution in [0.4, 0.5) is 4.79 Å². The second kappa shape index (κ2) is 9.45. The Morgan fingerprint density at radius 2 is 1.79 bits per heavy atom. The molecule has 132 valence electrons. The van der Waals surface area contributed by atoms with E-state index in [-0.39, 0.29) is 17.9 Å². The van der Waals surface area contributed by atoms with Gasteiger partial charge in [-0.2, -0.15) is 0 Å². The highest BCUT2D eigenvalue weighted by molar-refractivity contribution is 5.67. The molecule has 0 aromatic carbocycles. The lowest BCUT2D eigenvalue weighted by Gasteiger charge is -2.12. The molecule has 0 radical (unpaired) electrons. The lowest BCUT2D eigenvalue weighted by molar-refractivity contribution is -0.0808. The van der Waals surface area contributed by atoms with Crippen molar-refractivity contribution < 1.29 is 19.7 Å². The van der Waals surface area contributed by atoms with Crippen molar-refractivity contribution in [3.8, 4) is 0 Å². The molecule has 2 aliphatic carbocycles. The first-order valence-corrected chi connectivity index (χ1v) is 8.62. The van der Waals surface area contributed by atoms with Gasteiger partial charge in [0.05, 0.1) is 0 Å². The maximum absolute atomic E-state index is 11.7. The van der Waals surface area contributed by atoms with Gasteiger partial charge in [0.25, 0.3) is 0 Å². The van der Waals surface area contributed by atoms with Crippen LogP contribution in [0.15, 0.2) is 47.6 Å². The molecule has 2 aliphatic rings. The van der Waals surface area contributed by atoms with Crippen LogP contribution in [0.1, 0.15) is 32.6 Å². The van der Waals surface area contributed by atoms with Gasteiger partial charge in [0.2, 0.25) is 0 Å². The zero-order valence-electron chi connectivity index (χ0n) is 14.1. The molecule has 0 heterocycles. The molecule has 0 aromatic rings. The molecule has 0 spiro atoms. The Balaban J connectivity index is 1.49. The largest absolute Gasteiger partial charge is 0.449 e. The molecule has 0 saturated carbocycles. The monoisotopic (exact) mass is 333 g/mol. The van der Waals surface area contributed by atoms with Crippen LogP contribution in [0.25, 0.3) is 0 Å². The standard InChI is InChI=1S/C19H27NO4/c1-14(18(21)22)9-5-4-8-12-20-19(23)24-13-17-15-10-6-2-3-7-11-16(15)17/h2-3,6-7,10-11,14,17-18,21-22H,4-5,8-9,12-13H2,1H3,(H,20,23)/b3-2-,6-2?,7-3?,10-6-,11-7-,15-10?,16-11?. The van der Waals surface area contributed by atoms with Crippen LogP contribution < -0.4 is 5.32 Å². The lowest BCUT2D eigenvalue weighted by Crippen LogP contribution is -2.26. The number of carbonyl (C=O) groups excluding carboxylic acids is 1. The number of nitrogens with one attached hydrogen (secondary N) is 1. The quantitative estimate of drug-likeness (QED) is 0.448. The average Bonchev–Trinajstić information content (AvgIpc) is 3.17. The van der Waals surface area contributed by atoms with E-state index in [1.54, 1.807) is 0 Å². The van der Waals surface area contributed by atoms with Gasteiger partial charge in [-0.3, -0.25) is 0 Å². The first-order valence-electron chi connectivity index (χ1n) is 8.62. The molecular formula is C19H27NO4. The summed E-state index contributed by atoms with van der Waals surface area (Å²) in [4.78, 5) is 11.7. The van der Waals surface area contributed by atoms with Crippen LogP contribution in [0, 0.1) is 11.8 Å². The summed E-state index contributed by atoms with van der Waals surface area (Å²) in [6.07, 6.45) is 13.9. The molecule has 0 saturated heterocycles. The van der Waals surface area contributed by atoms with Crippen molar-refractivity contribution >= 4 is 6.09 Å². The van der Waals surface area contributed by atoms with Crippen LogP contribution in [0.2, 0.25) is 0 Å². The van der Waals surface area contributed by atoms with Crippen molar-refractivity contribution in [2.75, 3.05) is 13.2 Å². The van der Waals surface area contributed by atoms with E-state index in [1.165, 1.54) is 11.1 Å². The van der Waals surface area contributed by atoms with Gasteiger partial charge >= 0.3 is 6.09 Å². The molecule has 2 rings (SSSR count). The Morgan fingerprint density at radius 3 is 2.42 bits per heavy atom. The van der Waals surface area contributed by atoms with Gasteiger partial charge in [0, 0.05) is 18.4 Å². The van der Waals surface area contributed by atoms with Gasteiger partial charge in [0.15, 0.2) is 6.29 Å². The summed E-state index contributed by atoms with van der Waals surface area (Å²) in [5.41, 5.74) is 2.48. The van der Waals surface area contributed by atoms with E-state index in [2.05, 4.69) is 17.5 Å². The maximum Gasteiger partial charge on any atom is 0.407 e. The number of amides is 1. The van der Waals surface area contributed by atoms with Crippen LogP contribution in [-0.2, 0) is 4.74 Å². The molecule has 1 unspecified atom stereocenters. The Bertz CT molecular complexity index is 520. The molecule has 0 fully saturated rings. The summed E-state index contributed by atoms with van der Waals surface area (Å²) in [6, 6.07) is 0. The second-order valence-corrected chi connectivity index (χ2v) is 6.33. The van der Waals surface area contributed by atoms with E-state index in [9.17, 15) is 4.79 Å². The van der Waals surface area contributed by atoms with Crippen molar-refractivity contribution in [2.45, 2.75) is 38.9 Å². The van der Waals surface area contributed by atoms with Gasteiger partial charge in [-0.05, 0) is 24.0 Å². The molecular weight excluding hydrogens is 306 g/mol. The fourth-order valence-corrected chi connectivity index (χ4v) is 2.68. The highest BCUT2D eigenvalue weighted by Gasteiger charge is 2.33. The molecule has 0 bridgehead atoms. The number of ether oxygens (including phenoxy) is 1. The van der Waals surface area contributed by atoms with Gasteiger partial charge in [-0.25, -0.2) is 4.79 Å². The Kier molecular flexibility index (Phi) is 7.28. The van der Waals surface area contributed by atoms with Crippen LogP contribution in [0.3, 0.4) is 0 Å². The van der Waals surface area contributed by atoms with Crippen molar-refractivity contribution in [1.82, 2.24) is 5.32 Å². The van der Waals surface area contributed by atoms with Crippen LogP contribution in [0.5, 0.6) is 0 Å². The summed E-state index contributed by atoms with van der Waals surface area (Å²) in [5.74, 6) is 0.126. The molecule has 5 heteroatoms.